The molecule has 0 unspecified atom stereocenters. The summed E-state index contributed by atoms with van der Waals surface area (Å²) in [6, 6.07) is 11.9. The van der Waals surface area contributed by atoms with Gasteiger partial charge in [-0.2, -0.15) is 0 Å². The van der Waals surface area contributed by atoms with Gasteiger partial charge in [-0.05, 0) is 62.1 Å². The van der Waals surface area contributed by atoms with Crippen molar-refractivity contribution >= 4 is 17.3 Å². The van der Waals surface area contributed by atoms with Crippen LogP contribution in [0.5, 0.6) is 11.5 Å². The highest BCUT2D eigenvalue weighted by Crippen LogP contribution is 2.55. The molecule has 6 heteroatoms. The largest absolute Gasteiger partial charge is 0.497 e. The topological polar surface area (TPSA) is 68.0 Å². The molecule has 1 saturated heterocycles. The van der Waals surface area contributed by atoms with Crippen LogP contribution >= 0.6 is 0 Å². The molecule has 2 heterocycles. The van der Waals surface area contributed by atoms with Gasteiger partial charge in [0.05, 0.1) is 24.8 Å². The number of carbonyl (C=O) groups excluding carboxylic acids is 1. The average molecular weight is 436 g/mol. The second-order valence-corrected chi connectivity index (χ2v) is 9.56. The zero-order chi connectivity index (χ0) is 22.3. The minimum Gasteiger partial charge on any atom is -0.497 e. The number of ether oxygens (including phenoxy) is 2. The number of likely N-dealkylation sites (tertiary alicyclic amines) is 1. The van der Waals surface area contributed by atoms with Crippen LogP contribution in [-0.4, -0.2) is 44.2 Å². The summed E-state index contributed by atoms with van der Waals surface area (Å²) in [7, 11) is 3.81. The molecule has 6 nitrogen and oxygen atoms in total. The van der Waals surface area contributed by atoms with Crippen molar-refractivity contribution in [3.63, 3.8) is 0 Å². The van der Waals surface area contributed by atoms with Crippen LogP contribution in [0.3, 0.4) is 0 Å². The molecule has 0 bridgehead atoms. The van der Waals surface area contributed by atoms with Gasteiger partial charge in [0.15, 0.2) is 0 Å². The molecule has 2 N–H and O–H groups in total. The number of piperidine rings is 1. The fraction of sp³-hybridized carbons (Fsp3) is 0.500. The van der Waals surface area contributed by atoms with Crippen LogP contribution in [0, 0.1) is 0 Å². The molecule has 1 saturated carbocycles. The van der Waals surface area contributed by atoms with Gasteiger partial charge < -0.3 is 25.0 Å². The van der Waals surface area contributed by atoms with E-state index in [1.54, 1.807) is 7.11 Å². The molecule has 32 heavy (non-hydrogen) atoms. The Labute approximate surface area is 190 Å². The summed E-state index contributed by atoms with van der Waals surface area (Å²) >= 11 is 0. The van der Waals surface area contributed by atoms with Crippen molar-refractivity contribution in [3.05, 3.63) is 47.5 Å². The third kappa shape index (κ3) is 3.60. The highest BCUT2D eigenvalue weighted by atomic mass is 16.5. The van der Waals surface area contributed by atoms with Gasteiger partial charge in [0.1, 0.15) is 17.6 Å². The lowest BCUT2D eigenvalue weighted by Gasteiger charge is -2.30. The summed E-state index contributed by atoms with van der Waals surface area (Å²) in [6.45, 7) is 2.56. The second kappa shape index (κ2) is 8.32. The van der Waals surface area contributed by atoms with Crippen LogP contribution in [0.4, 0.5) is 11.4 Å². The molecule has 2 fully saturated rings. The van der Waals surface area contributed by atoms with E-state index >= 15 is 0 Å². The molecule has 2 aromatic rings. The molecular formula is C26H33N3O3. The first kappa shape index (κ1) is 21.1. The molecule has 1 amide bonds. The standard InChI is InChI=1S/C26H33N3O3/c1-28-13-9-21(10-14-28)32-23-16-19(27)15-22-24(23)29(25(30)26(22)11-3-4-12-26)17-18-5-7-20(31-2)8-6-18/h5-8,15-16,21H,3-4,9-14,17,27H2,1-2H3. The van der Waals surface area contributed by atoms with E-state index in [-0.39, 0.29) is 12.0 Å². The summed E-state index contributed by atoms with van der Waals surface area (Å²) in [6.07, 6.45) is 6.03. The van der Waals surface area contributed by atoms with Crippen molar-refractivity contribution in [2.75, 3.05) is 37.9 Å². The van der Waals surface area contributed by atoms with Gasteiger partial charge in [-0.3, -0.25) is 4.79 Å². The first-order chi connectivity index (χ1) is 15.5. The first-order valence-electron chi connectivity index (χ1n) is 11.7. The molecule has 2 aliphatic heterocycles. The zero-order valence-electron chi connectivity index (χ0n) is 19.1. The number of nitrogen functional groups attached to an aromatic ring is 1. The van der Waals surface area contributed by atoms with Gasteiger partial charge >= 0.3 is 0 Å². The van der Waals surface area contributed by atoms with Gasteiger partial charge in [0.2, 0.25) is 5.91 Å². The molecular weight excluding hydrogens is 402 g/mol. The van der Waals surface area contributed by atoms with E-state index in [2.05, 4.69) is 11.9 Å². The third-order valence-corrected chi connectivity index (χ3v) is 7.45. The second-order valence-electron chi connectivity index (χ2n) is 9.56. The molecule has 2 aromatic carbocycles. The van der Waals surface area contributed by atoms with E-state index in [0.717, 1.165) is 79.9 Å². The Morgan fingerprint density at radius 3 is 2.44 bits per heavy atom. The maximum Gasteiger partial charge on any atom is 0.238 e. The molecule has 3 aliphatic rings. The summed E-state index contributed by atoms with van der Waals surface area (Å²) in [5, 5.41) is 0. The summed E-state index contributed by atoms with van der Waals surface area (Å²) in [5.41, 5.74) is 9.64. The number of fused-ring (bicyclic) bond motifs is 2. The average Bonchev–Trinajstić information content (AvgIpc) is 3.37. The van der Waals surface area contributed by atoms with E-state index in [1.165, 1.54) is 0 Å². The summed E-state index contributed by atoms with van der Waals surface area (Å²) < 4.78 is 11.9. The minimum atomic E-state index is -0.456. The fourth-order valence-corrected chi connectivity index (χ4v) is 5.65. The number of benzene rings is 2. The van der Waals surface area contributed by atoms with E-state index in [9.17, 15) is 4.79 Å². The predicted molar refractivity (Wildman–Crippen MR) is 126 cm³/mol. The predicted octanol–water partition coefficient (Wildman–Crippen LogP) is 4.11. The summed E-state index contributed by atoms with van der Waals surface area (Å²) in [5.74, 6) is 1.77. The Morgan fingerprint density at radius 2 is 1.78 bits per heavy atom. The number of hydrogen-bond acceptors (Lipinski definition) is 5. The van der Waals surface area contributed by atoms with Crippen molar-refractivity contribution in [2.45, 2.75) is 56.6 Å². The summed E-state index contributed by atoms with van der Waals surface area (Å²) in [4.78, 5) is 18.2. The Morgan fingerprint density at radius 1 is 1.09 bits per heavy atom. The Bertz CT molecular complexity index is 990. The molecule has 5 rings (SSSR count). The van der Waals surface area contributed by atoms with Crippen molar-refractivity contribution in [1.29, 1.82) is 0 Å². The van der Waals surface area contributed by atoms with Gasteiger partial charge in [-0.25, -0.2) is 0 Å². The van der Waals surface area contributed by atoms with Gasteiger partial charge in [-0.15, -0.1) is 0 Å². The smallest absolute Gasteiger partial charge is 0.238 e. The van der Waals surface area contributed by atoms with Crippen molar-refractivity contribution in [3.8, 4) is 11.5 Å². The highest BCUT2D eigenvalue weighted by Gasteiger charge is 2.53. The van der Waals surface area contributed by atoms with Crippen LogP contribution in [0.25, 0.3) is 0 Å². The molecule has 0 atom stereocenters. The monoisotopic (exact) mass is 435 g/mol. The van der Waals surface area contributed by atoms with E-state index < -0.39 is 5.41 Å². The van der Waals surface area contributed by atoms with Crippen molar-refractivity contribution < 1.29 is 14.3 Å². The first-order valence-corrected chi connectivity index (χ1v) is 11.7. The number of anilines is 2. The van der Waals surface area contributed by atoms with Crippen LogP contribution in [0.15, 0.2) is 36.4 Å². The lowest BCUT2D eigenvalue weighted by molar-refractivity contribution is -0.123. The van der Waals surface area contributed by atoms with Crippen LogP contribution in [0.2, 0.25) is 0 Å². The highest BCUT2D eigenvalue weighted by molar-refractivity contribution is 6.10. The van der Waals surface area contributed by atoms with Gasteiger partial charge in [0.25, 0.3) is 0 Å². The van der Waals surface area contributed by atoms with E-state index in [4.69, 9.17) is 15.2 Å². The molecule has 0 radical (unpaired) electrons. The SMILES string of the molecule is COc1ccc(CN2C(=O)C3(CCCC3)c3cc(N)cc(OC4CCN(C)CC4)c32)cc1. The lowest BCUT2D eigenvalue weighted by atomic mass is 9.80. The van der Waals surface area contributed by atoms with E-state index in [0.29, 0.717) is 12.2 Å². The number of carbonyl (C=O) groups is 1. The number of rotatable bonds is 5. The zero-order valence-corrected chi connectivity index (χ0v) is 19.1. The number of amides is 1. The molecule has 1 spiro atoms. The molecule has 170 valence electrons. The maximum atomic E-state index is 13.9. The number of methoxy groups -OCH3 is 1. The molecule has 0 aromatic heterocycles. The van der Waals surface area contributed by atoms with Gasteiger partial charge in [-0.1, -0.05) is 25.0 Å². The quantitative estimate of drug-likeness (QED) is 0.716. The van der Waals surface area contributed by atoms with Crippen molar-refractivity contribution in [1.82, 2.24) is 4.90 Å². The Kier molecular flexibility index (Phi) is 5.49. The van der Waals surface area contributed by atoms with Crippen molar-refractivity contribution in [2.24, 2.45) is 0 Å². The fourth-order valence-electron chi connectivity index (χ4n) is 5.65. The maximum absolute atomic E-state index is 13.9. The molecule has 1 aliphatic carbocycles. The Hall–Kier alpha value is -2.73. The normalized spacial score (nSPS) is 20.7. The van der Waals surface area contributed by atoms with Crippen LogP contribution in [-0.2, 0) is 16.8 Å². The third-order valence-electron chi connectivity index (χ3n) is 7.45. The van der Waals surface area contributed by atoms with Crippen LogP contribution < -0.4 is 20.1 Å². The number of nitrogens with two attached hydrogens (primary N) is 1. The number of nitrogens with zero attached hydrogens (tertiary/aromatic N) is 2. The Balaban J connectivity index is 1.53. The number of hydrogen-bond donors (Lipinski definition) is 1. The van der Waals surface area contributed by atoms with Gasteiger partial charge in [0, 0.05) is 24.8 Å². The minimum absolute atomic E-state index is 0.148. The van der Waals surface area contributed by atoms with Crippen LogP contribution in [0.1, 0.15) is 49.7 Å². The van der Waals surface area contributed by atoms with E-state index in [1.807, 2.05) is 41.3 Å². The lowest BCUT2D eigenvalue weighted by Crippen LogP contribution is -2.38.